The van der Waals surface area contributed by atoms with Gasteiger partial charge < -0.3 is 10.1 Å². The Bertz CT molecular complexity index is 734. The van der Waals surface area contributed by atoms with Crippen molar-refractivity contribution in [3.63, 3.8) is 0 Å². The molecule has 0 aromatic carbocycles. The number of aromatic nitrogens is 3. The predicted octanol–water partition coefficient (Wildman–Crippen LogP) is 2.32. The molecular formula is C13H9N3O2. The standard InChI is InChI=1S/C13H9N3O2/c17-13(18)10-6-14-3-2-9(10)11-5-8-1-4-15-12(8)7-16-11/h1-7,15H,(H,17,18). The van der Waals surface area contributed by atoms with Crippen LogP contribution in [0, 0.1) is 0 Å². The van der Waals surface area contributed by atoms with Crippen molar-refractivity contribution in [1.82, 2.24) is 15.0 Å². The van der Waals surface area contributed by atoms with Crippen molar-refractivity contribution in [2.75, 3.05) is 0 Å². The van der Waals surface area contributed by atoms with Crippen LogP contribution in [0.3, 0.4) is 0 Å². The fourth-order valence-electron chi connectivity index (χ4n) is 1.89. The van der Waals surface area contributed by atoms with Crippen molar-refractivity contribution in [3.8, 4) is 11.3 Å². The summed E-state index contributed by atoms with van der Waals surface area (Å²) >= 11 is 0. The van der Waals surface area contributed by atoms with Gasteiger partial charge in [0.05, 0.1) is 23.0 Å². The van der Waals surface area contributed by atoms with Crippen molar-refractivity contribution >= 4 is 16.9 Å². The molecule has 0 saturated carbocycles. The first-order chi connectivity index (χ1) is 8.75. The van der Waals surface area contributed by atoms with E-state index >= 15 is 0 Å². The van der Waals surface area contributed by atoms with Gasteiger partial charge in [0.25, 0.3) is 0 Å². The van der Waals surface area contributed by atoms with E-state index in [2.05, 4.69) is 15.0 Å². The highest BCUT2D eigenvalue weighted by molar-refractivity contribution is 5.96. The van der Waals surface area contributed by atoms with Crippen LogP contribution in [-0.4, -0.2) is 26.0 Å². The first-order valence-corrected chi connectivity index (χ1v) is 5.36. The highest BCUT2D eigenvalue weighted by atomic mass is 16.4. The number of carbonyl (C=O) groups is 1. The first-order valence-electron chi connectivity index (χ1n) is 5.36. The molecule has 5 nitrogen and oxygen atoms in total. The van der Waals surface area contributed by atoms with E-state index in [-0.39, 0.29) is 5.56 Å². The number of hydrogen-bond donors (Lipinski definition) is 2. The molecule has 2 N–H and O–H groups in total. The molecule has 0 aliphatic carbocycles. The van der Waals surface area contributed by atoms with Crippen molar-refractivity contribution in [1.29, 1.82) is 0 Å². The molecule has 0 aliphatic heterocycles. The Hall–Kier alpha value is -2.69. The minimum absolute atomic E-state index is 0.153. The summed E-state index contributed by atoms with van der Waals surface area (Å²) < 4.78 is 0. The maximum absolute atomic E-state index is 11.1. The van der Waals surface area contributed by atoms with E-state index in [1.165, 1.54) is 6.20 Å². The lowest BCUT2D eigenvalue weighted by molar-refractivity contribution is 0.0697. The molecule has 3 aromatic heterocycles. The van der Waals surface area contributed by atoms with Crippen molar-refractivity contribution in [2.24, 2.45) is 0 Å². The summed E-state index contributed by atoms with van der Waals surface area (Å²) in [6, 6.07) is 5.43. The van der Waals surface area contributed by atoms with Gasteiger partial charge in [-0.2, -0.15) is 0 Å². The third-order valence-electron chi connectivity index (χ3n) is 2.77. The predicted molar refractivity (Wildman–Crippen MR) is 66.3 cm³/mol. The van der Waals surface area contributed by atoms with Crippen LogP contribution >= 0.6 is 0 Å². The Labute approximate surface area is 102 Å². The number of hydrogen-bond acceptors (Lipinski definition) is 3. The van der Waals surface area contributed by atoms with Crippen LogP contribution in [-0.2, 0) is 0 Å². The molecule has 0 bridgehead atoms. The summed E-state index contributed by atoms with van der Waals surface area (Å²) in [7, 11) is 0. The van der Waals surface area contributed by atoms with Crippen LogP contribution in [0.4, 0.5) is 0 Å². The quantitative estimate of drug-likeness (QED) is 0.719. The normalized spacial score (nSPS) is 10.7. The van der Waals surface area contributed by atoms with Gasteiger partial charge >= 0.3 is 5.97 Å². The van der Waals surface area contributed by atoms with Crippen LogP contribution in [0.5, 0.6) is 0 Å². The zero-order valence-electron chi connectivity index (χ0n) is 9.29. The van der Waals surface area contributed by atoms with Gasteiger partial charge in [-0.1, -0.05) is 0 Å². The average molecular weight is 239 g/mol. The molecule has 0 unspecified atom stereocenters. The number of nitrogens with one attached hydrogen (secondary N) is 1. The largest absolute Gasteiger partial charge is 0.478 e. The van der Waals surface area contributed by atoms with E-state index in [9.17, 15) is 4.79 Å². The summed E-state index contributed by atoms with van der Waals surface area (Å²) in [5, 5.41) is 10.1. The van der Waals surface area contributed by atoms with Gasteiger partial charge in [-0.15, -0.1) is 0 Å². The maximum Gasteiger partial charge on any atom is 0.337 e. The summed E-state index contributed by atoms with van der Waals surface area (Å²) in [5.74, 6) is -1.01. The molecule has 3 rings (SSSR count). The van der Waals surface area contributed by atoms with Gasteiger partial charge in [0.2, 0.25) is 0 Å². The SMILES string of the molecule is O=C(O)c1cnccc1-c1cc2cc[nH]c2cn1. The van der Waals surface area contributed by atoms with Crippen molar-refractivity contribution < 1.29 is 9.90 Å². The van der Waals surface area contributed by atoms with E-state index in [4.69, 9.17) is 5.11 Å². The van der Waals surface area contributed by atoms with E-state index in [0.29, 0.717) is 11.3 Å². The van der Waals surface area contributed by atoms with Crippen LogP contribution in [0.15, 0.2) is 43.0 Å². The number of aromatic amines is 1. The molecule has 0 spiro atoms. The molecule has 0 fully saturated rings. The lowest BCUT2D eigenvalue weighted by Crippen LogP contribution is -2.00. The van der Waals surface area contributed by atoms with Crippen LogP contribution < -0.4 is 0 Å². The van der Waals surface area contributed by atoms with E-state index in [1.54, 1.807) is 18.5 Å². The third-order valence-corrected chi connectivity index (χ3v) is 2.77. The Morgan fingerprint density at radius 1 is 1.28 bits per heavy atom. The highest BCUT2D eigenvalue weighted by Crippen LogP contribution is 2.24. The second-order valence-corrected chi connectivity index (χ2v) is 3.86. The molecule has 0 amide bonds. The fraction of sp³-hybridized carbons (Fsp3) is 0. The van der Waals surface area contributed by atoms with E-state index in [1.807, 2.05) is 18.3 Å². The minimum atomic E-state index is -1.01. The second kappa shape index (κ2) is 3.96. The number of H-pyrrole nitrogens is 1. The Morgan fingerprint density at radius 2 is 2.17 bits per heavy atom. The molecule has 18 heavy (non-hydrogen) atoms. The maximum atomic E-state index is 11.1. The Balaban J connectivity index is 2.22. The first kappa shape index (κ1) is 10.5. The molecule has 0 saturated heterocycles. The monoisotopic (exact) mass is 239 g/mol. The summed E-state index contributed by atoms with van der Waals surface area (Å²) in [4.78, 5) is 22.3. The molecule has 0 radical (unpaired) electrons. The lowest BCUT2D eigenvalue weighted by atomic mass is 10.1. The van der Waals surface area contributed by atoms with E-state index < -0.39 is 5.97 Å². The Kier molecular flexibility index (Phi) is 2.30. The Morgan fingerprint density at radius 3 is 3.00 bits per heavy atom. The fourth-order valence-corrected chi connectivity index (χ4v) is 1.89. The van der Waals surface area contributed by atoms with E-state index in [0.717, 1.165) is 10.9 Å². The molecule has 0 atom stereocenters. The number of carboxylic acid groups (broad SMARTS) is 1. The van der Waals surface area contributed by atoms with Gasteiger partial charge in [0, 0.05) is 29.5 Å². The number of carboxylic acids is 1. The van der Waals surface area contributed by atoms with Gasteiger partial charge in [-0.3, -0.25) is 9.97 Å². The summed E-state index contributed by atoms with van der Waals surface area (Å²) in [5.41, 5.74) is 2.27. The second-order valence-electron chi connectivity index (χ2n) is 3.86. The zero-order valence-corrected chi connectivity index (χ0v) is 9.29. The molecule has 3 heterocycles. The smallest absolute Gasteiger partial charge is 0.337 e. The average Bonchev–Trinajstić information content (AvgIpc) is 2.85. The van der Waals surface area contributed by atoms with Gasteiger partial charge in [0.1, 0.15) is 0 Å². The number of pyridine rings is 2. The zero-order chi connectivity index (χ0) is 12.5. The minimum Gasteiger partial charge on any atom is -0.478 e. The summed E-state index contributed by atoms with van der Waals surface area (Å²) in [6.45, 7) is 0. The van der Waals surface area contributed by atoms with Crippen molar-refractivity contribution in [2.45, 2.75) is 0 Å². The number of rotatable bonds is 2. The molecule has 5 heteroatoms. The highest BCUT2D eigenvalue weighted by Gasteiger charge is 2.12. The molecule has 88 valence electrons. The van der Waals surface area contributed by atoms with Gasteiger partial charge in [0.15, 0.2) is 0 Å². The lowest BCUT2D eigenvalue weighted by Gasteiger charge is -2.04. The summed E-state index contributed by atoms with van der Waals surface area (Å²) in [6.07, 6.45) is 6.41. The molecule has 3 aromatic rings. The van der Waals surface area contributed by atoms with Gasteiger partial charge in [-0.05, 0) is 18.2 Å². The molecule has 0 aliphatic rings. The number of aromatic carboxylic acids is 1. The topological polar surface area (TPSA) is 78.9 Å². The van der Waals surface area contributed by atoms with Crippen LogP contribution in [0.25, 0.3) is 22.2 Å². The van der Waals surface area contributed by atoms with Crippen LogP contribution in [0.2, 0.25) is 0 Å². The van der Waals surface area contributed by atoms with Crippen LogP contribution in [0.1, 0.15) is 10.4 Å². The third kappa shape index (κ3) is 1.62. The number of fused-ring (bicyclic) bond motifs is 1. The van der Waals surface area contributed by atoms with Gasteiger partial charge in [-0.25, -0.2) is 4.79 Å². The molecular weight excluding hydrogens is 230 g/mol. The number of nitrogens with zero attached hydrogens (tertiary/aromatic N) is 2. The van der Waals surface area contributed by atoms with Crippen molar-refractivity contribution in [3.05, 3.63) is 48.5 Å².